The molecular weight excluding hydrogens is 398 g/mol. The van der Waals surface area contributed by atoms with Crippen LogP contribution in [0.5, 0.6) is 0 Å². The Morgan fingerprint density at radius 2 is 1.89 bits per heavy atom. The third kappa shape index (κ3) is 3.88. The number of amides is 1. The van der Waals surface area contributed by atoms with Gasteiger partial charge in [0.1, 0.15) is 0 Å². The highest BCUT2D eigenvalue weighted by Crippen LogP contribution is 2.21. The molecule has 0 bridgehead atoms. The second-order valence-corrected chi connectivity index (χ2v) is 7.56. The number of nitrogens with one attached hydrogen (secondary N) is 1. The van der Waals surface area contributed by atoms with E-state index in [0.717, 1.165) is 11.4 Å². The molecule has 1 amide bonds. The zero-order chi connectivity index (χ0) is 19.5. The van der Waals surface area contributed by atoms with E-state index in [9.17, 15) is 9.59 Å². The second kappa shape index (κ2) is 7.79. The number of thiophene rings is 1. The van der Waals surface area contributed by atoms with Crippen molar-refractivity contribution in [2.24, 2.45) is 0 Å². The molecule has 4 rings (SSSR count). The highest BCUT2D eigenvalue weighted by atomic mass is 35.5. The predicted molar refractivity (Wildman–Crippen MR) is 107 cm³/mol. The fourth-order valence-electron chi connectivity index (χ4n) is 2.61. The molecule has 7 nitrogen and oxygen atoms in total. The first-order valence-corrected chi connectivity index (χ1v) is 9.51. The van der Waals surface area contributed by atoms with Gasteiger partial charge in [-0.3, -0.25) is 9.59 Å². The van der Waals surface area contributed by atoms with Crippen LogP contribution in [0.4, 0.5) is 0 Å². The fraction of sp³-hybridized carbons (Fsp3) is 0.0526. The number of rotatable bonds is 5. The lowest BCUT2D eigenvalue weighted by molar-refractivity contribution is 0.0954. The molecule has 3 aromatic heterocycles. The van der Waals surface area contributed by atoms with Gasteiger partial charge < -0.3 is 9.88 Å². The van der Waals surface area contributed by atoms with Crippen LogP contribution < -0.4 is 10.9 Å². The van der Waals surface area contributed by atoms with E-state index in [4.69, 9.17) is 11.6 Å². The molecule has 0 fully saturated rings. The Morgan fingerprint density at radius 1 is 1.11 bits per heavy atom. The predicted octanol–water partition coefficient (Wildman–Crippen LogP) is 3.06. The van der Waals surface area contributed by atoms with Gasteiger partial charge in [-0.05, 0) is 42.5 Å². The van der Waals surface area contributed by atoms with Crippen LogP contribution in [0.15, 0.2) is 72.0 Å². The Kier molecular flexibility index (Phi) is 5.05. The van der Waals surface area contributed by atoms with Gasteiger partial charge in [-0.25, -0.2) is 4.98 Å². The summed E-state index contributed by atoms with van der Waals surface area (Å²) in [4.78, 5) is 28.8. The van der Waals surface area contributed by atoms with E-state index in [1.165, 1.54) is 22.1 Å². The lowest BCUT2D eigenvalue weighted by Crippen LogP contribution is -2.21. The van der Waals surface area contributed by atoms with Crippen LogP contribution in [0.1, 0.15) is 15.4 Å². The first-order valence-electron chi connectivity index (χ1n) is 8.32. The number of carbonyl (C=O) groups excluding carboxylic acids is 1. The molecule has 0 spiro atoms. The van der Waals surface area contributed by atoms with Crippen molar-refractivity contribution >= 4 is 28.8 Å². The zero-order valence-electron chi connectivity index (χ0n) is 14.4. The molecule has 0 atom stereocenters. The van der Waals surface area contributed by atoms with Crippen molar-refractivity contribution in [2.45, 2.75) is 6.54 Å². The number of halogens is 1. The largest absolute Gasteiger partial charge is 0.346 e. The minimum Gasteiger partial charge on any atom is -0.346 e. The summed E-state index contributed by atoms with van der Waals surface area (Å²) in [6, 6.07) is 13.8. The average molecular weight is 412 g/mol. The Balaban J connectivity index is 1.45. The Bertz CT molecular complexity index is 1180. The SMILES string of the molecule is O=C(NCc1cn(-c2ccc(-n3ncccc3=O)cc2)cn1)c1ccc(Cl)s1. The Labute approximate surface area is 168 Å². The van der Waals surface area contributed by atoms with Gasteiger partial charge in [-0.1, -0.05) is 11.6 Å². The Hall–Kier alpha value is -3.23. The van der Waals surface area contributed by atoms with Crippen molar-refractivity contribution in [1.29, 1.82) is 0 Å². The van der Waals surface area contributed by atoms with Crippen molar-refractivity contribution < 1.29 is 4.79 Å². The van der Waals surface area contributed by atoms with Gasteiger partial charge >= 0.3 is 0 Å². The van der Waals surface area contributed by atoms with E-state index in [1.54, 1.807) is 30.7 Å². The van der Waals surface area contributed by atoms with E-state index in [2.05, 4.69) is 15.4 Å². The highest BCUT2D eigenvalue weighted by Gasteiger charge is 2.09. The minimum absolute atomic E-state index is 0.184. The molecule has 4 aromatic rings. The highest BCUT2D eigenvalue weighted by molar-refractivity contribution is 7.17. The number of imidazole rings is 1. The van der Waals surface area contributed by atoms with Crippen LogP contribution >= 0.6 is 22.9 Å². The molecule has 0 unspecified atom stereocenters. The molecule has 9 heteroatoms. The van der Waals surface area contributed by atoms with E-state index in [1.807, 2.05) is 35.0 Å². The normalized spacial score (nSPS) is 10.8. The van der Waals surface area contributed by atoms with Gasteiger partial charge in [0.25, 0.3) is 11.5 Å². The molecule has 3 heterocycles. The van der Waals surface area contributed by atoms with Gasteiger partial charge in [0, 0.05) is 24.1 Å². The fourth-order valence-corrected chi connectivity index (χ4v) is 3.57. The molecular formula is C19H14ClN5O2S. The summed E-state index contributed by atoms with van der Waals surface area (Å²) in [5.74, 6) is -0.184. The molecule has 28 heavy (non-hydrogen) atoms. The zero-order valence-corrected chi connectivity index (χ0v) is 16.0. The van der Waals surface area contributed by atoms with Crippen LogP contribution in [-0.2, 0) is 6.54 Å². The molecule has 0 saturated carbocycles. The van der Waals surface area contributed by atoms with E-state index in [-0.39, 0.29) is 11.5 Å². The molecule has 140 valence electrons. The molecule has 1 aromatic carbocycles. The number of hydrogen-bond donors (Lipinski definition) is 1. The number of carbonyl (C=O) groups is 1. The maximum absolute atomic E-state index is 12.1. The number of nitrogens with zero attached hydrogens (tertiary/aromatic N) is 4. The lowest BCUT2D eigenvalue weighted by Gasteiger charge is -2.06. The quantitative estimate of drug-likeness (QED) is 0.547. The number of hydrogen-bond acceptors (Lipinski definition) is 5. The van der Waals surface area contributed by atoms with Gasteiger partial charge in [0.05, 0.1) is 33.5 Å². The van der Waals surface area contributed by atoms with E-state index in [0.29, 0.717) is 21.4 Å². The summed E-state index contributed by atoms with van der Waals surface area (Å²) in [7, 11) is 0. The van der Waals surface area contributed by atoms with Crippen molar-refractivity contribution in [3.05, 3.63) is 92.5 Å². The molecule has 0 radical (unpaired) electrons. The standard InChI is InChI=1S/C19H14ClN5O2S/c20-17-8-7-16(28-17)19(27)21-10-13-11-24(12-22-13)14-3-5-15(6-4-14)25-18(26)2-1-9-23-25/h1-9,11-12H,10H2,(H,21,27). The van der Waals surface area contributed by atoms with Crippen molar-refractivity contribution in [3.63, 3.8) is 0 Å². The van der Waals surface area contributed by atoms with Crippen LogP contribution in [0.3, 0.4) is 0 Å². The first-order chi connectivity index (χ1) is 13.6. The van der Waals surface area contributed by atoms with Crippen molar-refractivity contribution in [2.75, 3.05) is 0 Å². The molecule has 1 N–H and O–H groups in total. The average Bonchev–Trinajstić information content (AvgIpc) is 3.36. The maximum atomic E-state index is 12.1. The van der Waals surface area contributed by atoms with Crippen LogP contribution in [0.2, 0.25) is 4.34 Å². The summed E-state index contributed by atoms with van der Waals surface area (Å²) >= 11 is 7.08. The Morgan fingerprint density at radius 3 is 2.61 bits per heavy atom. The first kappa shape index (κ1) is 18.1. The van der Waals surface area contributed by atoms with Crippen LogP contribution in [-0.4, -0.2) is 25.2 Å². The van der Waals surface area contributed by atoms with Gasteiger partial charge in [0.2, 0.25) is 0 Å². The third-order valence-corrected chi connectivity index (χ3v) is 5.20. The topological polar surface area (TPSA) is 81.8 Å². The monoisotopic (exact) mass is 411 g/mol. The summed E-state index contributed by atoms with van der Waals surface area (Å²) in [6.07, 6.45) is 5.07. The van der Waals surface area contributed by atoms with Gasteiger partial charge in [-0.15, -0.1) is 11.3 Å². The second-order valence-electron chi connectivity index (χ2n) is 5.85. The minimum atomic E-state index is -0.192. The summed E-state index contributed by atoms with van der Waals surface area (Å²) < 4.78 is 3.75. The molecule has 0 aliphatic rings. The van der Waals surface area contributed by atoms with Crippen molar-refractivity contribution in [1.82, 2.24) is 24.6 Å². The third-order valence-electron chi connectivity index (χ3n) is 3.97. The summed E-state index contributed by atoms with van der Waals surface area (Å²) in [6.45, 7) is 0.308. The van der Waals surface area contributed by atoms with Gasteiger partial charge in [0.15, 0.2) is 0 Å². The molecule has 0 saturated heterocycles. The van der Waals surface area contributed by atoms with Crippen LogP contribution in [0, 0.1) is 0 Å². The molecule has 0 aliphatic carbocycles. The van der Waals surface area contributed by atoms with Gasteiger partial charge in [-0.2, -0.15) is 9.78 Å². The molecule has 0 aliphatic heterocycles. The van der Waals surface area contributed by atoms with E-state index < -0.39 is 0 Å². The number of benzene rings is 1. The summed E-state index contributed by atoms with van der Waals surface area (Å²) in [5, 5.41) is 6.88. The smallest absolute Gasteiger partial charge is 0.271 e. The lowest BCUT2D eigenvalue weighted by atomic mass is 10.3. The van der Waals surface area contributed by atoms with Crippen LogP contribution in [0.25, 0.3) is 11.4 Å². The summed E-state index contributed by atoms with van der Waals surface area (Å²) in [5.41, 5.74) is 2.09. The van der Waals surface area contributed by atoms with Crippen molar-refractivity contribution in [3.8, 4) is 11.4 Å². The maximum Gasteiger partial charge on any atom is 0.271 e. The van der Waals surface area contributed by atoms with E-state index >= 15 is 0 Å². The number of aromatic nitrogens is 4.